The van der Waals surface area contributed by atoms with E-state index in [4.69, 9.17) is 0 Å². The molecule has 1 amide bonds. The van der Waals surface area contributed by atoms with Crippen molar-refractivity contribution >= 4 is 17.6 Å². The number of nitrogens with one attached hydrogen (secondary N) is 2. The molecule has 0 spiro atoms. The molecule has 1 aliphatic rings. The Kier molecular flexibility index (Phi) is 8.38. The fourth-order valence-corrected chi connectivity index (χ4v) is 3.12. The molecule has 0 radical (unpaired) electrons. The Morgan fingerprint density at radius 3 is 2.41 bits per heavy atom. The molecule has 9 nitrogen and oxygen atoms in total. The van der Waals surface area contributed by atoms with Crippen LogP contribution in [0.5, 0.6) is 0 Å². The van der Waals surface area contributed by atoms with Gasteiger partial charge in [-0.3, -0.25) is 14.9 Å². The molecule has 1 aliphatic heterocycles. The maximum absolute atomic E-state index is 11.9. The number of hydrogen-bond donors (Lipinski definition) is 2. The molecule has 29 heavy (non-hydrogen) atoms. The third-order valence-corrected chi connectivity index (χ3v) is 5.07. The van der Waals surface area contributed by atoms with Crippen LogP contribution in [-0.4, -0.2) is 72.4 Å². The first-order valence-electron chi connectivity index (χ1n) is 9.98. The Morgan fingerprint density at radius 2 is 1.90 bits per heavy atom. The van der Waals surface area contributed by atoms with Crippen molar-refractivity contribution in [2.75, 3.05) is 33.7 Å². The lowest BCUT2D eigenvalue weighted by Crippen LogP contribution is -2.51. The van der Waals surface area contributed by atoms with Gasteiger partial charge in [0.1, 0.15) is 0 Å². The average molecular weight is 405 g/mol. The Bertz CT molecular complexity index is 709. The molecule has 1 aromatic rings. The van der Waals surface area contributed by atoms with Gasteiger partial charge in [0.2, 0.25) is 5.91 Å². The summed E-state index contributed by atoms with van der Waals surface area (Å²) in [7, 11) is 3.43. The zero-order valence-electron chi connectivity index (χ0n) is 17.7. The fourth-order valence-electron chi connectivity index (χ4n) is 3.12. The normalized spacial score (nSPS) is 16.0. The van der Waals surface area contributed by atoms with E-state index in [2.05, 4.69) is 34.4 Å². The highest BCUT2D eigenvalue weighted by Crippen LogP contribution is 2.14. The summed E-state index contributed by atoms with van der Waals surface area (Å²) in [5.74, 6) is 0.547. The van der Waals surface area contributed by atoms with Crippen molar-refractivity contribution in [3.63, 3.8) is 0 Å². The lowest BCUT2D eigenvalue weighted by atomic mass is 10.0. The number of carbonyl (C=O) groups excluding carboxylic acids is 1. The predicted octanol–water partition coefficient (Wildman–Crippen LogP) is 1.59. The van der Waals surface area contributed by atoms with Gasteiger partial charge >= 0.3 is 0 Å². The molecule has 0 atom stereocenters. The molecular formula is C20H32N6O3. The van der Waals surface area contributed by atoms with Crippen LogP contribution in [0.1, 0.15) is 32.3 Å². The largest absolute Gasteiger partial charge is 0.354 e. The molecule has 0 saturated carbocycles. The third kappa shape index (κ3) is 7.34. The Labute approximate surface area is 172 Å². The first-order valence-corrected chi connectivity index (χ1v) is 9.98. The summed E-state index contributed by atoms with van der Waals surface area (Å²) in [4.78, 5) is 30.9. The van der Waals surface area contributed by atoms with E-state index in [9.17, 15) is 14.9 Å². The second-order valence-corrected chi connectivity index (χ2v) is 7.78. The summed E-state index contributed by atoms with van der Waals surface area (Å²) >= 11 is 0. The van der Waals surface area contributed by atoms with E-state index in [0.717, 1.165) is 31.5 Å². The summed E-state index contributed by atoms with van der Waals surface area (Å²) in [5, 5.41) is 17.3. The Hall–Kier alpha value is -2.68. The molecule has 0 bridgehead atoms. The standard InChI is InChI=1S/C20H32N6O3/c1-15(2)25-11-9-17(10-12-25)23-20(22-14-19(27)24(3)4)21-13-16-5-7-18(8-6-16)26(28)29/h5-8,15,17H,9-14H2,1-4H3,(H2,21,22,23). The number of nitro benzene ring substituents is 1. The minimum Gasteiger partial charge on any atom is -0.354 e. The van der Waals surface area contributed by atoms with Crippen molar-refractivity contribution in [2.45, 2.75) is 45.3 Å². The number of benzene rings is 1. The van der Waals surface area contributed by atoms with Gasteiger partial charge in [-0.15, -0.1) is 0 Å². The fraction of sp³-hybridized carbons (Fsp3) is 0.600. The van der Waals surface area contributed by atoms with Crippen molar-refractivity contribution < 1.29 is 9.72 Å². The van der Waals surface area contributed by atoms with Crippen molar-refractivity contribution in [2.24, 2.45) is 4.99 Å². The van der Waals surface area contributed by atoms with Crippen LogP contribution >= 0.6 is 0 Å². The van der Waals surface area contributed by atoms with Crippen LogP contribution in [-0.2, 0) is 11.3 Å². The van der Waals surface area contributed by atoms with E-state index >= 15 is 0 Å². The maximum Gasteiger partial charge on any atom is 0.269 e. The van der Waals surface area contributed by atoms with Crippen LogP contribution in [0.4, 0.5) is 5.69 Å². The van der Waals surface area contributed by atoms with Crippen LogP contribution in [0.15, 0.2) is 29.3 Å². The number of piperidine rings is 1. The van der Waals surface area contributed by atoms with Gasteiger partial charge in [0.25, 0.3) is 5.69 Å². The maximum atomic E-state index is 11.9. The molecular weight excluding hydrogens is 372 g/mol. The lowest BCUT2D eigenvalue weighted by Gasteiger charge is -2.35. The van der Waals surface area contributed by atoms with Crippen LogP contribution < -0.4 is 10.6 Å². The van der Waals surface area contributed by atoms with Crippen molar-refractivity contribution in [1.29, 1.82) is 0 Å². The van der Waals surface area contributed by atoms with Gasteiger partial charge in [-0.1, -0.05) is 12.1 Å². The van der Waals surface area contributed by atoms with Crippen LogP contribution in [0.25, 0.3) is 0 Å². The Balaban J connectivity index is 2.00. The van der Waals surface area contributed by atoms with E-state index in [-0.39, 0.29) is 18.1 Å². The molecule has 0 unspecified atom stereocenters. The average Bonchev–Trinajstić information content (AvgIpc) is 2.70. The third-order valence-electron chi connectivity index (χ3n) is 5.07. The molecule has 0 aromatic heterocycles. The van der Waals surface area contributed by atoms with E-state index < -0.39 is 4.92 Å². The number of amides is 1. The van der Waals surface area contributed by atoms with Gasteiger partial charge in [0.05, 0.1) is 18.0 Å². The summed E-state index contributed by atoms with van der Waals surface area (Å²) in [6.07, 6.45) is 2.02. The highest BCUT2D eigenvalue weighted by molar-refractivity contribution is 5.86. The smallest absolute Gasteiger partial charge is 0.269 e. The summed E-state index contributed by atoms with van der Waals surface area (Å²) in [5.41, 5.74) is 0.924. The van der Waals surface area contributed by atoms with Gasteiger partial charge in [-0.05, 0) is 32.3 Å². The van der Waals surface area contributed by atoms with Crippen LogP contribution in [0, 0.1) is 10.1 Å². The van der Waals surface area contributed by atoms with Gasteiger partial charge in [0.15, 0.2) is 5.96 Å². The van der Waals surface area contributed by atoms with Gasteiger partial charge < -0.3 is 20.4 Å². The molecule has 160 valence electrons. The molecule has 1 heterocycles. The van der Waals surface area contributed by atoms with Crippen molar-refractivity contribution in [3.05, 3.63) is 39.9 Å². The monoisotopic (exact) mass is 404 g/mol. The molecule has 1 fully saturated rings. The molecule has 2 N–H and O–H groups in total. The first kappa shape index (κ1) is 22.6. The first-order chi connectivity index (χ1) is 13.8. The zero-order valence-corrected chi connectivity index (χ0v) is 17.7. The summed E-state index contributed by atoms with van der Waals surface area (Å²) < 4.78 is 0. The van der Waals surface area contributed by atoms with Crippen molar-refractivity contribution in [1.82, 2.24) is 20.4 Å². The second-order valence-electron chi connectivity index (χ2n) is 7.78. The van der Waals surface area contributed by atoms with E-state index in [0.29, 0.717) is 24.6 Å². The number of hydrogen-bond acceptors (Lipinski definition) is 5. The molecule has 1 aromatic carbocycles. The highest BCUT2D eigenvalue weighted by Gasteiger charge is 2.21. The molecule has 0 aliphatic carbocycles. The topological polar surface area (TPSA) is 103 Å². The SMILES string of the molecule is CC(C)N1CCC(NC(=NCc2ccc([N+](=O)[O-])cc2)NCC(=O)N(C)C)CC1. The number of likely N-dealkylation sites (N-methyl/N-ethyl adjacent to an activating group) is 1. The molecule has 9 heteroatoms. The highest BCUT2D eigenvalue weighted by atomic mass is 16.6. The minimum atomic E-state index is -0.419. The van der Waals surface area contributed by atoms with E-state index in [1.807, 2.05) is 0 Å². The summed E-state index contributed by atoms with van der Waals surface area (Å²) in [6, 6.07) is 7.19. The lowest BCUT2D eigenvalue weighted by molar-refractivity contribution is -0.384. The van der Waals surface area contributed by atoms with Crippen molar-refractivity contribution in [3.8, 4) is 0 Å². The number of carbonyl (C=O) groups is 1. The Morgan fingerprint density at radius 1 is 1.28 bits per heavy atom. The molecule has 1 saturated heterocycles. The van der Waals surface area contributed by atoms with E-state index in [1.54, 1.807) is 26.2 Å². The number of rotatable bonds is 7. The predicted molar refractivity (Wildman–Crippen MR) is 114 cm³/mol. The quantitative estimate of drug-likeness (QED) is 0.310. The second kappa shape index (κ2) is 10.8. The van der Waals surface area contributed by atoms with Gasteiger partial charge in [-0.25, -0.2) is 4.99 Å². The zero-order chi connectivity index (χ0) is 21.4. The number of likely N-dealkylation sites (tertiary alicyclic amines) is 1. The van der Waals surface area contributed by atoms with E-state index in [1.165, 1.54) is 17.0 Å². The number of aliphatic imine (C=N–C) groups is 1. The number of nitro groups is 1. The number of non-ortho nitro benzene ring substituents is 1. The van der Waals surface area contributed by atoms with Gasteiger partial charge in [-0.2, -0.15) is 0 Å². The van der Waals surface area contributed by atoms with Gasteiger partial charge in [0, 0.05) is 51.4 Å². The summed E-state index contributed by atoms with van der Waals surface area (Å²) in [6.45, 7) is 7.00. The number of nitrogens with zero attached hydrogens (tertiary/aromatic N) is 4. The van der Waals surface area contributed by atoms with Crippen LogP contribution in [0.3, 0.4) is 0 Å². The van der Waals surface area contributed by atoms with Crippen LogP contribution in [0.2, 0.25) is 0 Å². The number of guanidine groups is 1. The molecule has 2 rings (SSSR count). The minimum absolute atomic E-state index is 0.0375.